The number of ether oxygens (including phenoxy) is 1. The zero-order chi connectivity index (χ0) is 24.3. The summed E-state index contributed by atoms with van der Waals surface area (Å²) in [6.45, 7) is 5.40. The first-order chi connectivity index (χ1) is 15.8. The van der Waals surface area contributed by atoms with Crippen LogP contribution in [0, 0.1) is 13.8 Å². The minimum Gasteiger partial charge on any atom is -0.507 e. The Labute approximate surface area is 199 Å². The van der Waals surface area contributed by atoms with Gasteiger partial charge < -0.3 is 20.1 Å². The maximum atomic E-state index is 12.6. The zero-order valence-electron chi connectivity index (χ0n) is 20.7. The first-order valence-electron chi connectivity index (χ1n) is 12.6. The molecule has 0 fully saturated rings. The molecule has 2 rings (SSSR count). The number of hydrogen-bond donors (Lipinski definition) is 3. The number of carbonyl (C=O) groups is 1. The van der Waals surface area contributed by atoms with Crippen LogP contribution in [0.1, 0.15) is 112 Å². The number of fused-ring (bicyclic) bond motifs is 1. The molecule has 1 unspecified atom stereocenters. The lowest BCUT2D eigenvalue weighted by Gasteiger charge is -2.35. The number of benzene rings is 1. The zero-order valence-corrected chi connectivity index (χ0v) is 20.7. The summed E-state index contributed by atoms with van der Waals surface area (Å²) in [5, 5.41) is 31.3. The van der Waals surface area contributed by atoms with Gasteiger partial charge in [-0.2, -0.15) is 0 Å². The van der Waals surface area contributed by atoms with Gasteiger partial charge in [0.05, 0.1) is 6.42 Å². The molecule has 0 amide bonds. The number of phenols is 2. The van der Waals surface area contributed by atoms with Gasteiger partial charge in [0.25, 0.3) is 0 Å². The Bertz CT molecular complexity index is 839. The van der Waals surface area contributed by atoms with Crippen LogP contribution in [0.5, 0.6) is 17.2 Å². The summed E-state index contributed by atoms with van der Waals surface area (Å²) in [5.41, 5.74) is 0.682. The molecule has 0 aromatic heterocycles. The van der Waals surface area contributed by atoms with Gasteiger partial charge in [0, 0.05) is 17.5 Å². The van der Waals surface area contributed by atoms with Crippen LogP contribution in [-0.4, -0.2) is 26.9 Å². The van der Waals surface area contributed by atoms with Gasteiger partial charge >= 0.3 is 0 Å². The van der Waals surface area contributed by atoms with Crippen molar-refractivity contribution in [2.75, 3.05) is 0 Å². The van der Waals surface area contributed by atoms with Gasteiger partial charge in [-0.25, -0.2) is 0 Å². The molecule has 0 spiro atoms. The number of aliphatic hydroxyl groups is 1. The molecule has 0 saturated heterocycles. The number of unbranched alkanes of at least 4 members (excludes halogenated alkanes) is 8. The van der Waals surface area contributed by atoms with E-state index in [0.29, 0.717) is 12.0 Å². The molecule has 0 saturated carbocycles. The Kier molecular flexibility index (Phi) is 11.0. The second-order valence-electron chi connectivity index (χ2n) is 9.28. The molecule has 33 heavy (non-hydrogen) atoms. The molecule has 1 aromatic rings. The number of carbonyl (C=O) groups excluding carboxylic acids is 1. The van der Waals surface area contributed by atoms with Gasteiger partial charge in [-0.1, -0.05) is 63.3 Å². The van der Waals surface area contributed by atoms with E-state index in [1.165, 1.54) is 25.7 Å². The van der Waals surface area contributed by atoms with Gasteiger partial charge in [-0.3, -0.25) is 4.79 Å². The number of Topliss-reactive ketones (excluding diaryl/α,β-unsaturated/α-hetero) is 1. The summed E-state index contributed by atoms with van der Waals surface area (Å²) in [6.07, 6.45) is 21.4. The van der Waals surface area contributed by atoms with Crippen LogP contribution in [0.2, 0.25) is 0 Å². The largest absolute Gasteiger partial charge is 0.507 e. The monoisotopic (exact) mass is 458 g/mol. The van der Waals surface area contributed by atoms with Crippen molar-refractivity contribution in [2.24, 2.45) is 0 Å². The number of hydrogen-bond acceptors (Lipinski definition) is 5. The molecule has 5 nitrogen and oxygen atoms in total. The summed E-state index contributed by atoms with van der Waals surface area (Å²) < 4.78 is 5.76. The Morgan fingerprint density at radius 3 is 2.12 bits per heavy atom. The second kappa shape index (κ2) is 13.4. The van der Waals surface area contributed by atoms with Crippen molar-refractivity contribution in [3.63, 3.8) is 0 Å². The maximum Gasteiger partial charge on any atom is 0.215 e. The van der Waals surface area contributed by atoms with Crippen LogP contribution in [0.4, 0.5) is 0 Å². The summed E-state index contributed by atoms with van der Waals surface area (Å²) in [6, 6.07) is 0. The van der Waals surface area contributed by atoms with E-state index in [4.69, 9.17) is 4.74 Å². The average Bonchev–Trinajstić information content (AvgIpc) is 2.78. The highest BCUT2D eigenvalue weighted by molar-refractivity contribution is 6.04. The number of allylic oxidation sites excluding steroid dienone is 4. The SMILES string of the molecule is CCCCC/C=C\C/C=C\CCCCCCCC1(O)CC(=O)c2c(O)c(C)c(O)c(C)c2O1. The quantitative estimate of drug-likeness (QED) is 0.203. The van der Waals surface area contributed by atoms with Crippen LogP contribution in [-0.2, 0) is 0 Å². The number of ketones is 1. The molecule has 0 radical (unpaired) electrons. The highest BCUT2D eigenvalue weighted by Gasteiger charge is 2.41. The maximum absolute atomic E-state index is 12.6. The summed E-state index contributed by atoms with van der Waals surface area (Å²) in [5.74, 6) is -2.23. The predicted octanol–water partition coefficient (Wildman–Crippen LogP) is 7.18. The fourth-order valence-corrected chi connectivity index (χ4v) is 4.29. The van der Waals surface area contributed by atoms with Gasteiger partial charge in [0.2, 0.25) is 5.79 Å². The summed E-state index contributed by atoms with van der Waals surface area (Å²) in [7, 11) is 0. The molecule has 1 heterocycles. The first-order valence-corrected chi connectivity index (χ1v) is 12.6. The van der Waals surface area contributed by atoms with E-state index < -0.39 is 5.79 Å². The van der Waals surface area contributed by atoms with Crippen LogP contribution in [0.15, 0.2) is 24.3 Å². The Hall–Kier alpha value is -2.27. The van der Waals surface area contributed by atoms with E-state index >= 15 is 0 Å². The molecule has 5 heteroatoms. The lowest BCUT2D eigenvalue weighted by molar-refractivity contribution is -0.145. The van der Waals surface area contributed by atoms with Crippen LogP contribution < -0.4 is 4.74 Å². The van der Waals surface area contributed by atoms with E-state index in [2.05, 4.69) is 31.2 Å². The van der Waals surface area contributed by atoms with Crippen LogP contribution >= 0.6 is 0 Å². The first kappa shape index (κ1) is 27.0. The van der Waals surface area contributed by atoms with Crippen molar-refractivity contribution in [1.82, 2.24) is 0 Å². The topological polar surface area (TPSA) is 87.0 Å². The van der Waals surface area contributed by atoms with Crippen molar-refractivity contribution in [3.05, 3.63) is 41.0 Å². The normalized spacial score (nSPS) is 18.2. The lowest BCUT2D eigenvalue weighted by Crippen LogP contribution is -2.42. The highest BCUT2D eigenvalue weighted by Crippen LogP contribution is 2.47. The molecule has 1 aliphatic rings. The molecular weight excluding hydrogens is 416 g/mol. The number of rotatable bonds is 14. The molecule has 1 aliphatic heterocycles. The number of phenolic OH excluding ortho intramolecular Hbond substituents is 2. The minimum atomic E-state index is -1.59. The van der Waals surface area contributed by atoms with Crippen LogP contribution in [0.3, 0.4) is 0 Å². The third-order valence-electron chi connectivity index (χ3n) is 6.40. The Balaban J connectivity index is 1.66. The van der Waals surface area contributed by atoms with E-state index in [9.17, 15) is 20.1 Å². The Morgan fingerprint density at radius 1 is 0.848 bits per heavy atom. The van der Waals surface area contributed by atoms with Gasteiger partial charge in [0.15, 0.2) is 5.78 Å². The van der Waals surface area contributed by atoms with Gasteiger partial charge in [-0.15, -0.1) is 0 Å². The molecule has 184 valence electrons. The second-order valence-corrected chi connectivity index (χ2v) is 9.28. The highest BCUT2D eigenvalue weighted by atomic mass is 16.6. The van der Waals surface area contributed by atoms with Crippen molar-refractivity contribution < 1.29 is 24.9 Å². The summed E-state index contributed by atoms with van der Waals surface area (Å²) in [4.78, 5) is 12.6. The smallest absolute Gasteiger partial charge is 0.215 e. The standard InChI is InChI=1S/C28H42O5/c1-4-5-6-7-8-9-10-11-12-13-14-15-16-17-18-19-28(32)20-23(29)24-26(31)21(2)25(30)22(3)27(24)33-28/h8-9,11-12,30-32H,4-7,10,13-20H2,1-3H3/b9-8-,12-11-. The fourth-order valence-electron chi connectivity index (χ4n) is 4.29. The molecule has 0 aliphatic carbocycles. The molecular formula is C28H42O5. The van der Waals surface area contributed by atoms with E-state index in [0.717, 1.165) is 44.9 Å². The third kappa shape index (κ3) is 7.92. The van der Waals surface area contributed by atoms with Crippen molar-refractivity contribution in [3.8, 4) is 17.2 Å². The van der Waals surface area contributed by atoms with Crippen molar-refractivity contribution in [1.29, 1.82) is 0 Å². The van der Waals surface area contributed by atoms with Crippen LogP contribution in [0.25, 0.3) is 0 Å². The fraction of sp³-hybridized carbons (Fsp3) is 0.607. The van der Waals surface area contributed by atoms with E-state index in [1.807, 2.05) is 0 Å². The Morgan fingerprint density at radius 2 is 1.45 bits per heavy atom. The van der Waals surface area contributed by atoms with E-state index in [1.54, 1.807) is 13.8 Å². The van der Waals surface area contributed by atoms with E-state index in [-0.39, 0.29) is 40.6 Å². The van der Waals surface area contributed by atoms with Gasteiger partial charge in [0.1, 0.15) is 22.8 Å². The molecule has 3 N–H and O–H groups in total. The minimum absolute atomic E-state index is 0.0625. The van der Waals surface area contributed by atoms with Gasteiger partial charge in [-0.05, 0) is 52.4 Å². The lowest BCUT2D eigenvalue weighted by atomic mass is 9.90. The molecule has 1 atom stereocenters. The van der Waals surface area contributed by atoms with Crippen molar-refractivity contribution in [2.45, 2.75) is 110 Å². The third-order valence-corrected chi connectivity index (χ3v) is 6.40. The molecule has 1 aromatic carbocycles. The predicted molar refractivity (Wildman–Crippen MR) is 133 cm³/mol. The average molecular weight is 459 g/mol. The number of aromatic hydroxyl groups is 2. The molecule has 0 bridgehead atoms. The van der Waals surface area contributed by atoms with Crippen molar-refractivity contribution >= 4 is 5.78 Å². The summed E-state index contributed by atoms with van der Waals surface area (Å²) >= 11 is 0.